The van der Waals surface area contributed by atoms with Gasteiger partial charge in [0.05, 0.1) is 18.9 Å². The molecule has 0 saturated carbocycles. The van der Waals surface area contributed by atoms with E-state index in [2.05, 4.69) is 46.0 Å². The monoisotopic (exact) mass is 289 g/mol. The van der Waals surface area contributed by atoms with Gasteiger partial charge in [0, 0.05) is 6.54 Å². The van der Waals surface area contributed by atoms with Crippen LogP contribution in [-0.2, 0) is 0 Å². The van der Waals surface area contributed by atoms with Crippen molar-refractivity contribution in [1.82, 2.24) is 40.2 Å². The van der Waals surface area contributed by atoms with E-state index in [1.165, 1.54) is 25.3 Å². The first kappa shape index (κ1) is 13.5. The molecule has 2 aromatic heterocycles. The summed E-state index contributed by atoms with van der Waals surface area (Å²) in [6.45, 7) is 1.21. The lowest BCUT2D eigenvalue weighted by Crippen LogP contribution is -2.63. The molecule has 2 unspecified atom stereocenters. The molecule has 1 saturated heterocycles. The Balaban J connectivity index is 1.62. The van der Waals surface area contributed by atoms with Gasteiger partial charge in [0.1, 0.15) is 25.3 Å². The van der Waals surface area contributed by atoms with Crippen molar-refractivity contribution in [2.24, 2.45) is 5.73 Å². The summed E-state index contributed by atoms with van der Waals surface area (Å²) in [5.41, 5.74) is 9.07. The average Bonchev–Trinajstić information content (AvgIpc) is 2.48. The van der Waals surface area contributed by atoms with Crippen LogP contribution in [0.3, 0.4) is 0 Å². The van der Waals surface area contributed by atoms with Crippen LogP contribution in [0.25, 0.3) is 0 Å². The van der Waals surface area contributed by atoms with Gasteiger partial charge in [-0.15, -0.1) is 0 Å². The highest BCUT2D eigenvalue weighted by molar-refractivity contribution is 5.24. The SMILES string of the molecule is NC1CN(Nc2ncncn2)CC(Nc2ncncn2)N1. The van der Waals surface area contributed by atoms with Gasteiger partial charge in [-0.1, -0.05) is 0 Å². The molecule has 0 amide bonds. The number of hydrogen-bond acceptors (Lipinski definition) is 11. The van der Waals surface area contributed by atoms with Crippen molar-refractivity contribution >= 4 is 11.9 Å². The van der Waals surface area contributed by atoms with E-state index in [1.807, 2.05) is 5.01 Å². The second-order valence-corrected chi connectivity index (χ2v) is 4.41. The van der Waals surface area contributed by atoms with Gasteiger partial charge in [0.15, 0.2) is 0 Å². The van der Waals surface area contributed by atoms with E-state index in [4.69, 9.17) is 5.73 Å². The predicted octanol–water partition coefficient (Wildman–Crippen LogP) is -1.99. The van der Waals surface area contributed by atoms with Crippen molar-refractivity contribution in [1.29, 1.82) is 0 Å². The van der Waals surface area contributed by atoms with Crippen LogP contribution in [0.1, 0.15) is 0 Å². The molecule has 21 heavy (non-hydrogen) atoms. The number of aromatic nitrogens is 6. The Hall–Kier alpha value is -2.50. The minimum Gasteiger partial charge on any atom is -0.337 e. The zero-order valence-corrected chi connectivity index (χ0v) is 11.1. The van der Waals surface area contributed by atoms with Gasteiger partial charge in [0.2, 0.25) is 11.9 Å². The largest absolute Gasteiger partial charge is 0.337 e. The summed E-state index contributed by atoms with van der Waals surface area (Å²) >= 11 is 0. The zero-order chi connectivity index (χ0) is 14.5. The number of anilines is 2. The maximum Gasteiger partial charge on any atom is 0.240 e. The maximum atomic E-state index is 5.98. The van der Waals surface area contributed by atoms with Gasteiger partial charge in [-0.05, 0) is 0 Å². The molecule has 0 radical (unpaired) electrons. The highest BCUT2D eigenvalue weighted by Crippen LogP contribution is 2.05. The molecule has 0 aliphatic carbocycles. The minimum atomic E-state index is -0.215. The van der Waals surface area contributed by atoms with Crippen LogP contribution in [0.5, 0.6) is 0 Å². The summed E-state index contributed by atoms with van der Waals surface area (Å²) in [5.74, 6) is 0.953. The molecule has 2 aromatic rings. The molecule has 0 bridgehead atoms. The molecule has 1 aliphatic heterocycles. The Morgan fingerprint density at radius 3 is 2.29 bits per heavy atom. The number of piperazine rings is 1. The summed E-state index contributed by atoms with van der Waals surface area (Å²) in [6, 6.07) is 0. The fourth-order valence-electron chi connectivity index (χ4n) is 1.98. The van der Waals surface area contributed by atoms with E-state index in [1.54, 1.807) is 0 Å². The molecule has 0 aromatic carbocycles. The number of nitrogens with zero attached hydrogens (tertiary/aromatic N) is 7. The summed E-state index contributed by atoms with van der Waals surface area (Å²) < 4.78 is 0. The molecule has 0 spiro atoms. The van der Waals surface area contributed by atoms with Gasteiger partial charge in [-0.2, -0.15) is 0 Å². The lowest BCUT2D eigenvalue weighted by molar-refractivity contribution is 0.202. The van der Waals surface area contributed by atoms with Crippen molar-refractivity contribution in [2.45, 2.75) is 12.3 Å². The Morgan fingerprint density at radius 2 is 1.62 bits per heavy atom. The van der Waals surface area contributed by atoms with Crippen LogP contribution in [-0.4, -0.2) is 60.3 Å². The quantitative estimate of drug-likeness (QED) is 0.496. The number of nitrogens with two attached hydrogens (primary N) is 1. The molecule has 1 fully saturated rings. The van der Waals surface area contributed by atoms with Crippen LogP contribution in [0, 0.1) is 0 Å². The highest BCUT2D eigenvalue weighted by atomic mass is 15.6. The van der Waals surface area contributed by atoms with Gasteiger partial charge >= 0.3 is 0 Å². The van der Waals surface area contributed by atoms with Crippen LogP contribution >= 0.6 is 0 Å². The molecule has 3 heterocycles. The molecule has 5 N–H and O–H groups in total. The fraction of sp³-hybridized carbons (Fsp3) is 0.400. The van der Waals surface area contributed by atoms with Crippen molar-refractivity contribution in [3.63, 3.8) is 0 Å². The topological polar surface area (TPSA) is 143 Å². The van der Waals surface area contributed by atoms with Crippen LogP contribution < -0.4 is 21.8 Å². The average molecular weight is 289 g/mol. The lowest BCUT2D eigenvalue weighted by Gasteiger charge is -2.37. The maximum absolute atomic E-state index is 5.98. The Labute approximate surface area is 120 Å². The molecule has 11 nitrogen and oxygen atoms in total. The van der Waals surface area contributed by atoms with Crippen LogP contribution in [0.4, 0.5) is 11.9 Å². The van der Waals surface area contributed by atoms with E-state index >= 15 is 0 Å². The van der Waals surface area contributed by atoms with Crippen molar-refractivity contribution in [3.05, 3.63) is 25.3 Å². The normalized spacial score (nSPS) is 22.7. The Bertz CT molecular complexity index is 500. The van der Waals surface area contributed by atoms with Crippen molar-refractivity contribution < 1.29 is 0 Å². The molecule has 11 heteroatoms. The summed E-state index contributed by atoms with van der Waals surface area (Å²) in [5, 5.41) is 8.26. The van der Waals surface area contributed by atoms with Gasteiger partial charge in [-0.3, -0.25) is 10.7 Å². The third-order valence-corrected chi connectivity index (χ3v) is 2.78. The first-order chi connectivity index (χ1) is 10.3. The van der Waals surface area contributed by atoms with E-state index in [9.17, 15) is 0 Å². The highest BCUT2D eigenvalue weighted by Gasteiger charge is 2.25. The first-order valence-corrected chi connectivity index (χ1v) is 6.33. The first-order valence-electron chi connectivity index (χ1n) is 6.33. The Morgan fingerprint density at radius 1 is 1.00 bits per heavy atom. The number of hydrogen-bond donors (Lipinski definition) is 4. The van der Waals surface area contributed by atoms with Crippen LogP contribution in [0.15, 0.2) is 25.3 Å². The molecule has 3 rings (SSSR count). The third kappa shape index (κ3) is 3.75. The second-order valence-electron chi connectivity index (χ2n) is 4.41. The van der Waals surface area contributed by atoms with E-state index in [0.717, 1.165) is 0 Å². The lowest BCUT2D eigenvalue weighted by atomic mass is 10.3. The molecular formula is C10H15N11. The predicted molar refractivity (Wildman–Crippen MR) is 73.4 cm³/mol. The van der Waals surface area contributed by atoms with Gasteiger partial charge in [0.25, 0.3) is 0 Å². The number of nitrogens with one attached hydrogen (secondary N) is 3. The summed E-state index contributed by atoms with van der Waals surface area (Å²) in [4.78, 5) is 23.6. The molecule has 2 atom stereocenters. The standard InChI is InChI=1S/C10H15N11/c11-7-1-21(20-10-16-5-13-6-17-10)2-8(18-7)19-9-14-3-12-4-15-9/h3-8,18H,1-2,11H2,(H,12,14,15,19)(H,13,16,17,20). The van der Waals surface area contributed by atoms with Gasteiger partial charge in [-0.25, -0.2) is 34.9 Å². The second kappa shape index (κ2) is 6.30. The van der Waals surface area contributed by atoms with Crippen molar-refractivity contribution in [2.75, 3.05) is 23.8 Å². The van der Waals surface area contributed by atoms with E-state index in [-0.39, 0.29) is 12.3 Å². The Kier molecular flexibility index (Phi) is 4.04. The molecular weight excluding hydrogens is 274 g/mol. The number of rotatable bonds is 4. The minimum absolute atomic E-state index is 0.120. The third-order valence-electron chi connectivity index (χ3n) is 2.78. The smallest absolute Gasteiger partial charge is 0.240 e. The molecule has 110 valence electrons. The number of hydrazine groups is 1. The summed E-state index contributed by atoms with van der Waals surface area (Å²) in [7, 11) is 0. The zero-order valence-electron chi connectivity index (χ0n) is 11.1. The van der Waals surface area contributed by atoms with E-state index < -0.39 is 0 Å². The summed E-state index contributed by atoms with van der Waals surface area (Å²) in [6.07, 6.45) is 5.38. The van der Waals surface area contributed by atoms with E-state index in [0.29, 0.717) is 25.0 Å². The van der Waals surface area contributed by atoms with Crippen molar-refractivity contribution in [3.8, 4) is 0 Å². The fourth-order valence-corrected chi connectivity index (χ4v) is 1.98. The molecule has 1 aliphatic rings. The van der Waals surface area contributed by atoms with Crippen LogP contribution in [0.2, 0.25) is 0 Å². The van der Waals surface area contributed by atoms with Gasteiger partial charge < -0.3 is 11.1 Å².